The van der Waals surface area contributed by atoms with Crippen LogP contribution in [0, 0.1) is 0 Å². The first kappa shape index (κ1) is 13.1. The van der Waals surface area contributed by atoms with Gasteiger partial charge in [0.25, 0.3) is 0 Å². The summed E-state index contributed by atoms with van der Waals surface area (Å²) in [6, 6.07) is 8.38. The van der Waals surface area contributed by atoms with Crippen molar-refractivity contribution in [3.05, 3.63) is 35.4 Å². The van der Waals surface area contributed by atoms with Crippen LogP contribution in [0.15, 0.2) is 24.3 Å². The minimum Gasteiger partial charge on any atom is -0.390 e. The molecule has 0 spiro atoms. The fourth-order valence-electron chi connectivity index (χ4n) is 3.19. The molecule has 0 aliphatic carbocycles. The van der Waals surface area contributed by atoms with Crippen LogP contribution in [0.4, 0.5) is 0 Å². The number of rotatable bonds is 3. The number of ether oxygens (including phenoxy) is 2. The molecule has 1 fully saturated rings. The van der Waals surface area contributed by atoms with Gasteiger partial charge in [-0.25, -0.2) is 0 Å². The van der Waals surface area contributed by atoms with E-state index in [1.54, 1.807) is 0 Å². The first-order valence-electron chi connectivity index (χ1n) is 7.20. The zero-order valence-corrected chi connectivity index (χ0v) is 11.5. The Kier molecular flexibility index (Phi) is 3.61. The van der Waals surface area contributed by atoms with E-state index in [1.807, 2.05) is 13.0 Å². The Bertz CT molecular complexity index is 437. The van der Waals surface area contributed by atoms with Crippen molar-refractivity contribution in [1.82, 2.24) is 0 Å². The highest BCUT2D eigenvalue weighted by Crippen LogP contribution is 2.36. The summed E-state index contributed by atoms with van der Waals surface area (Å²) in [6.07, 6.45) is 3.09. The maximum Gasteiger partial charge on any atom is 0.0914 e. The molecule has 0 bridgehead atoms. The van der Waals surface area contributed by atoms with Crippen molar-refractivity contribution in [2.45, 2.75) is 50.4 Å². The average Bonchev–Trinajstić information content (AvgIpc) is 2.87. The smallest absolute Gasteiger partial charge is 0.0914 e. The maximum absolute atomic E-state index is 10.5. The Labute approximate surface area is 114 Å². The van der Waals surface area contributed by atoms with Crippen LogP contribution >= 0.6 is 0 Å². The SMILES string of the molecule is CC1(C(O)CC2OCCc3ccccc32)CCCO1. The molecule has 104 valence electrons. The van der Waals surface area contributed by atoms with E-state index in [0.29, 0.717) is 6.42 Å². The molecule has 1 N–H and O–H groups in total. The Hall–Kier alpha value is -0.900. The lowest BCUT2D eigenvalue weighted by molar-refractivity contribution is -0.102. The van der Waals surface area contributed by atoms with Crippen molar-refractivity contribution >= 4 is 0 Å². The highest BCUT2D eigenvalue weighted by Gasteiger charge is 2.39. The summed E-state index contributed by atoms with van der Waals surface area (Å²) in [5.41, 5.74) is 2.19. The second-order valence-electron chi connectivity index (χ2n) is 5.82. The molecule has 19 heavy (non-hydrogen) atoms. The third-order valence-electron chi connectivity index (χ3n) is 4.48. The number of hydrogen-bond acceptors (Lipinski definition) is 3. The van der Waals surface area contributed by atoms with Gasteiger partial charge in [-0.1, -0.05) is 24.3 Å². The van der Waals surface area contributed by atoms with Gasteiger partial charge in [-0.05, 0) is 37.3 Å². The largest absolute Gasteiger partial charge is 0.390 e. The topological polar surface area (TPSA) is 38.7 Å². The lowest BCUT2D eigenvalue weighted by Gasteiger charge is -2.34. The molecule has 0 radical (unpaired) electrons. The van der Waals surface area contributed by atoms with E-state index in [0.717, 1.165) is 32.5 Å². The minimum absolute atomic E-state index is 0.000903. The number of aliphatic hydroxyl groups excluding tert-OH is 1. The van der Waals surface area contributed by atoms with Crippen LogP contribution < -0.4 is 0 Å². The predicted octanol–water partition coefficient (Wildman–Crippen LogP) is 2.62. The van der Waals surface area contributed by atoms with Gasteiger partial charge in [-0.2, -0.15) is 0 Å². The molecule has 0 amide bonds. The van der Waals surface area contributed by atoms with Gasteiger partial charge in [0.1, 0.15) is 0 Å². The first-order valence-corrected chi connectivity index (χ1v) is 7.20. The maximum atomic E-state index is 10.5. The van der Waals surface area contributed by atoms with Gasteiger partial charge in [0.05, 0.1) is 24.4 Å². The van der Waals surface area contributed by atoms with Crippen LogP contribution in [0.1, 0.15) is 43.4 Å². The summed E-state index contributed by atoms with van der Waals surface area (Å²) < 4.78 is 11.6. The second kappa shape index (κ2) is 5.23. The van der Waals surface area contributed by atoms with Gasteiger partial charge >= 0.3 is 0 Å². The van der Waals surface area contributed by atoms with E-state index in [9.17, 15) is 5.11 Å². The fraction of sp³-hybridized carbons (Fsp3) is 0.625. The molecule has 0 aromatic heterocycles. The van der Waals surface area contributed by atoms with Gasteiger partial charge in [0.15, 0.2) is 0 Å². The van der Waals surface area contributed by atoms with E-state index in [4.69, 9.17) is 9.47 Å². The van der Waals surface area contributed by atoms with Crippen LogP contribution in [0.3, 0.4) is 0 Å². The molecule has 0 saturated carbocycles. The molecule has 2 heterocycles. The number of aliphatic hydroxyl groups is 1. The van der Waals surface area contributed by atoms with Gasteiger partial charge in [0, 0.05) is 13.0 Å². The van der Waals surface area contributed by atoms with Crippen molar-refractivity contribution in [3.63, 3.8) is 0 Å². The van der Waals surface area contributed by atoms with E-state index in [1.165, 1.54) is 11.1 Å². The van der Waals surface area contributed by atoms with Crippen molar-refractivity contribution in [2.75, 3.05) is 13.2 Å². The van der Waals surface area contributed by atoms with E-state index in [-0.39, 0.29) is 6.10 Å². The third-order valence-corrected chi connectivity index (χ3v) is 4.48. The van der Waals surface area contributed by atoms with Crippen molar-refractivity contribution < 1.29 is 14.6 Å². The Morgan fingerprint density at radius 1 is 1.37 bits per heavy atom. The number of benzene rings is 1. The molecule has 2 aliphatic rings. The average molecular weight is 262 g/mol. The van der Waals surface area contributed by atoms with E-state index in [2.05, 4.69) is 18.2 Å². The fourth-order valence-corrected chi connectivity index (χ4v) is 3.19. The number of hydrogen-bond donors (Lipinski definition) is 1. The quantitative estimate of drug-likeness (QED) is 0.910. The van der Waals surface area contributed by atoms with Crippen molar-refractivity contribution in [2.24, 2.45) is 0 Å². The normalized spacial score (nSPS) is 32.0. The van der Waals surface area contributed by atoms with Crippen LogP contribution in [0.5, 0.6) is 0 Å². The van der Waals surface area contributed by atoms with Gasteiger partial charge < -0.3 is 14.6 Å². The zero-order chi connectivity index (χ0) is 13.3. The molecule has 3 heteroatoms. The van der Waals surface area contributed by atoms with Crippen LogP contribution in [-0.2, 0) is 15.9 Å². The number of fused-ring (bicyclic) bond motifs is 1. The minimum atomic E-state index is -0.467. The molecule has 2 aliphatic heterocycles. The second-order valence-corrected chi connectivity index (χ2v) is 5.82. The molecule has 1 saturated heterocycles. The van der Waals surface area contributed by atoms with Crippen molar-refractivity contribution in [3.8, 4) is 0 Å². The highest BCUT2D eigenvalue weighted by molar-refractivity contribution is 5.31. The van der Waals surface area contributed by atoms with E-state index >= 15 is 0 Å². The molecule has 3 nitrogen and oxygen atoms in total. The third kappa shape index (κ3) is 2.55. The Balaban J connectivity index is 1.74. The zero-order valence-electron chi connectivity index (χ0n) is 11.5. The highest BCUT2D eigenvalue weighted by atomic mass is 16.5. The van der Waals surface area contributed by atoms with Crippen LogP contribution in [0.2, 0.25) is 0 Å². The first-order chi connectivity index (χ1) is 9.19. The monoisotopic (exact) mass is 262 g/mol. The molecule has 3 rings (SSSR count). The standard InChI is InChI=1S/C16H22O3/c1-16(8-4-9-19-16)15(17)11-14-13-6-3-2-5-12(13)7-10-18-14/h2-3,5-6,14-15,17H,4,7-11H2,1H3. The molecule has 3 unspecified atom stereocenters. The van der Waals surface area contributed by atoms with Crippen LogP contribution in [-0.4, -0.2) is 30.0 Å². The molecule has 1 aromatic carbocycles. The van der Waals surface area contributed by atoms with Gasteiger partial charge in [0.2, 0.25) is 0 Å². The molecule has 3 atom stereocenters. The Morgan fingerprint density at radius 2 is 2.21 bits per heavy atom. The summed E-state index contributed by atoms with van der Waals surface area (Å²) in [5.74, 6) is 0. The Morgan fingerprint density at radius 3 is 3.00 bits per heavy atom. The van der Waals surface area contributed by atoms with E-state index < -0.39 is 11.7 Å². The summed E-state index contributed by atoms with van der Waals surface area (Å²) in [4.78, 5) is 0. The van der Waals surface area contributed by atoms with Crippen molar-refractivity contribution in [1.29, 1.82) is 0 Å². The molecule has 1 aromatic rings. The van der Waals surface area contributed by atoms with Gasteiger partial charge in [-0.15, -0.1) is 0 Å². The summed E-state index contributed by atoms with van der Waals surface area (Å²) in [6.45, 7) is 3.51. The van der Waals surface area contributed by atoms with Gasteiger partial charge in [-0.3, -0.25) is 0 Å². The summed E-state index contributed by atoms with van der Waals surface area (Å²) in [7, 11) is 0. The summed E-state index contributed by atoms with van der Waals surface area (Å²) in [5, 5.41) is 10.5. The lowest BCUT2D eigenvalue weighted by atomic mass is 9.87. The lowest BCUT2D eigenvalue weighted by Crippen LogP contribution is -2.40. The molecular weight excluding hydrogens is 240 g/mol. The summed E-state index contributed by atoms with van der Waals surface area (Å²) >= 11 is 0. The predicted molar refractivity (Wildman–Crippen MR) is 73.1 cm³/mol. The molecular formula is C16H22O3. The van der Waals surface area contributed by atoms with Crippen LogP contribution in [0.25, 0.3) is 0 Å².